The Morgan fingerprint density at radius 1 is 1.07 bits per heavy atom. The molecule has 2 aromatic carbocycles. The van der Waals surface area contributed by atoms with Gasteiger partial charge in [0.05, 0.1) is 5.92 Å². The molecule has 0 N–H and O–H groups in total. The number of carbonyl (C=O) groups excluding carboxylic acids is 1. The zero-order chi connectivity index (χ0) is 20.9. The lowest BCUT2D eigenvalue weighted by atomic mass is 9.92. The number of nitrogens with zero attached hydrogens (tertiary/aromatic N) is 3. The molecule has 1 amide bonds. The van der Waals surface area contributed by atoms with Gasteiger partial charge in [0.25, 0.3) is 10.0 Å². The third kappa shape index (κ3) is 3.12. The van der Waals surface area contributed by atoms with Crippen molar-refractivity contribution in [3.63, 3.8) is 0 Å². The molecule has 6 nitrogen and oxygen atoms in total. The summed E-state index contributed by atoms with van der Waals surface area (Å²) in [5.41, 5.74) is 4.08. The van der Waals surface area contributed by atoms with E-state index in [0.717, 1.165) is 43.5 Å². The van der Waals surface area contributed by atoms with E-state index >= 15 is 0 Å². The molecule has 1 atom stereocenters. The maximum atomic E-state index is 13.5. The highest BCUT2D eigenvalue weighted by Gasteiger charge is 2.37. The van der Waals surface area contributed by atoms with E-state index in [1.54, 1.807) is 18.2 Å². The first-order valence-electron chi connectivity index (χ1n) is 10.5. The Labute approximate surface area is 177 Å². The SMILES string of the molecule is Cc1cccc2c1N(C(=O)C1CCCN(C3=NS(=O)(=O)c4ccccc43)C1)CCC2. The monoisotopic (exact) mass is 423 g/mol. The van der Waals surface area contributed by atoms with Gasteiger partial charge in [-0.25, -0.2) is 0 Å². The van der Waals surface area contributed by atoms with Crippen LogP contribution in [0.2, 0.25) is 0 Å². The van der Waals surface area contributed by atoms with Crippen molar-refractivity contribution in [3.8, 4) is 0 Å². The molecule has 2 aromatic rings. The van der Waals surface area contributed by atoms with Crippen molar-refractivity contribution < 1.29 is 13.2 Å². The second-order valence-electron chi connectivity index (χ2n) is 8.35. The van der Waals surface area contributed by atoms with Crippen LogP contribution in [0.3, 0.4) is 0 Å². The fourth-order valence-electron chi connectivity index (χ4n) is 4.98. The quantitative estimate of drug-likeness (QED) is 0.707. The molecule has 3 aliphatic rings. The van der Waals surface area contributed by atoms with Crippen LogP contribution in [-0.2, 0) is 21.2 Å². The minimum atomic E-state index is -3.66. The Bertz CT molecular complexity index is 1160. The Balaban J connectivity index is 1.42. The van der Waals surface area contributed by atoms with Gasteiger partial charge in [0, 0.05) is 30.9 Å². The van der Waals surface area contributed by atoms with Crippen LogP contribution in [0.1, 0.15) is 36.0 Å². The fraction of sp³-hybridized carbons (Fsp3) is 0.391. The molecule has 30 heavy (non-hydrogen) atoms. The first-order valence-corrected chi connectivity index (χ1v) is 12.0. The zero-order valence-electron chi connectivity index (χ0n) is 17.0. The molecule has 3 aliphatic heterocycles. The number of amidine groups is 1. The first-order chi connectivity index (χ1) is 14.5. The topological polar surface area (TPSA) is 70.1 Å². The highest BCUT2D eigenvalue weighted by Crippen LogP contribution is 2.34. The standard InChI is InChI=1S/C23H25N3O3S/c1-16-7-4-8-17-9-6-14-26(21(16)17)23(27)18-10-5-13-25(15-18)22-19-11-2-3-12-20(19)30(28,29)24-22/h2-4,7-8,11-12,18H,5-6,9-10,13-15H2,1H3. The van der Waals surface area contributed by atoms with Gasteiger partial charge in [0.1, 0.15) is 4.90 Å². The summed E-state index contributed by atoms with van der Waals surface area (Å²) in [5, 5.41) is 0. The van der Waals surface area contributed by atoms with Gasteiger partial charge in [-0.3, -0.25) is 4.79 Å². The molecule has 1 saturated heterocycles. The minimum absolute atomic E-state index is 0.143. The molecule has 0 bridgehead atoms. The summed E-state index contributed by atoms with van der Waals surface area (Å²) in [7, 11) is -3.66. The number of para-hydroxylation sites is 1. The second-order valence-corrected chi connectivity index (χ2v) is 9.92. The number of anilines is 1. The van der Waals surface area contributed by atoms with Gasteiger partial charge in [0.2, 0.25) is 5.91 Å². The number of hydrogen-bond donors (Lipinski definition) is 0. The van der Waals surface area contributed by atoms with E-state index in [1.807, 2.05) is 15.9 Å². The number of benzene rings is 2. The lowest BCUT2D eigenvalue weighted by Gasteiger charge is -2.38. The normalized spacial score (nSPS) is 22.3. The zero-order valence-corrected chi connectivity index (χ0v) is 17.9. The summed E-state index contributed by atoms with van der Waals surface area (Å²) in [6.45, 7) is 4.01. The molecule has 1 fully saturated rings. The van der Waals surface area contributed by atoms with Crippen LogP contribution in [0, 0.1) is 12.8 Å². The lowest BCUT2D eigenvalue weighted by molar-refractivity contribution is -0.123. The molecule has 5 rings (SSSR count). The molecule has 1 unspecified atom stereocenters. The maximum Gasteiger partial charge on any atom is 0.285 e. The van der Waals surface area contributed by atoms with E-state index in [0.29, 0.717) is 24.5 Å². The van der Waals surface area contributed by atoms with Gasteiger partial charge in [0.15, 0.2) is 5.84 Å². The number of amides is 1. The summed E-state index contributed by atoms with van der Waals surface area (Å²) in [6, 6.07) is 13.2. The van der Waals surface area contributed by atoms with Crippen molar-refractivity contribution >= 4 is 27.5 Å². The van der Waals surface area contributed by atoms with E-state index in [-0.39, 0.29) is 16.7 Å². The van der Waals surface area contributed by atoms with Gasteiger partial charge in [-0.05, 0) is 55.9 Å². The maximum absolute atomic E-state index is 13.5. The van der Waals surface area contributed by atoms with Gasteiger partial charge in [-0.2, -0.15) is 8.42 Å². The smallest absolute Gasteiger partial charge is 0.285 e. The van der Waals surface area contributed by atoms with E-state index < -0.39 is 10.0 Å². The average molecular weight is 424 g/mol. The molecule has 0 aromatic heterocycles. The van der Waals surface area contributed by atoms with Crippen molar-refractivity contribution in [2.75, 3.05) is 24.5 Å². The highest BCUT2D eigenvalue weighted by atomic mass is 32.2. The molecule has 156 valence electrons. The van der Waals surface area contributed by atoms with E-state index in [2.05, 4.69) is 29.5 Å². The number of likely N-dealkylation sites (tertiary alicyclic amines) is 1. The van der Waals surface area contributed by atoms with Crippen molar-refractivity contribution in [3.05, 3.63) is 59.2 Å². The van der Waals surface area contributed by atoms with Gasteiger partial charge < -0.3 is 9.80 Å². The molecule has 0 radical (unpaired) electrons. The molecule has 3 heterocycles. The number of sulfonamides is 1. The highest BCUT2D eigenvalue weighted by molar-refractivity contribution is 7.90. The Kier molecular flexibility index (Phi) is 4.65. The summed E-state index contributed by atoms with van der Waals surface area (Å²) >= 11 is 0. The third-order valence-electron chi connectivity index (χ3n) is 6.37. The summed E-state index contributed by atoms with van der Waals surface area (Å²) in [6.07, 6.45) is 3.63. The van der Waals surface area contributed by atoms with Crippen molar-refractivity contribution in [2.24, 2.45) is 10.3 Å². The Morgan fingerprint density at radius 2 is 1.90 bits per heavy atom. The summed E-state index contributed by atoms with van der Waals surface area (Å²) in [4.78, 5) is 17.7. The molecular formula is C23H25N3O3S. The average Bonchev–Trinajstić information content (AvgIpc) is 3.04. The number of rotatable bonds is 1. The summed E-state index contributed by atoms with van der Waals surface area (Å²) in [5.74, 6) is 0.463. The largest absolute Gasteiger partial charge is 0.355 e. The molecule has 0 saturated carbocycles. The second kappa shape index (κ2) is 7.23. The molecular weight excluding hydrogens is 398 g/mol. The van der Waals surface area contributed by atoms with Crippen molar-refractivity contribution in [2.45, 2.75) is 37.5 Å². The van der Waals surface area contributed by atoms with E-state index in [4.69, 9.17) is 0 Å². The molecule has 0 aliphatic carbocycles. The molecule has 0 spiro atoms. The Hall–Kier alpha value is -2.67. The van der Waals surface area contributed by atoms with E-state index in [9.17, 15) is 13.2 Å². The van der Waals surface area contributed by atoms with Gasteiger partial charge >= 0.3 is 0 Å². The molecule has 7 heteroatoms. The first kappa shape index (κ1) is 19.3. The predicted octanol–water partition coefficient (Wildman–Crippen LogP) is 3.14. The van der Waals surface area contributed by atoms with Crippen LogP contribution in [-0.4, -0.2) is 44.7 Å². The number of carbonyl (C=O) groups is 1. The lowest BCUT2D eigenvalue weighted by Crippen LogP contribution is -2.48. The number of aryl methyl sites for hydroxylation is 2. The predicted molar refractivity (Wildman–Crippen MR) is 116 cm³/mol. The number of hydrogen-bond acceptors (Lipinski definition) is 4. The van der Waals surface area contributed by atoms with Gasteiger partial charge in [-0.15, -0.1) is 4.40 Å². The van der Waals surface area contributed by atoms with E-state index in [1.165, 1.54) is 5.56 Å². The van der Waals surface area contributed by atoms with Crippen LogP contribution in [0.25, 0.3) is 0 Å². The minimum Gasteiger partial charge on any atom is -0.355 e. The van der Waals surface area contributed by atoms with Crippen LogP contribution in [0.15, 0.2) is 51.8 Å². The van der Waals surface area contributed by atoms with Gasteiger partial charge in [-0.1, -0.05) is 30.3 Å². The van der Waals surface area contributed by atoms with Crippen molar-refractivity contribution in [1.82, 2.24) is 4.90 Å². The Morgan fingerprint density at radius 3 is 2.77 bits per heavy atom. The number of fused-ring (bicyclic) bond motifs is 2. The van der Waals surface area contributed by atoms with Crippen LogP contribution in [0.5, 0.6) is 0 Å². The summed E-state index contributed by atoms with van der Waals surface area (Å²) < 4.78 is 29.0. The van der Waals surface area contributed by atoms with Crippen molar-refractivity contribution in [1.29, 1.82) is 0 Å². The van der Waals surface area contributed by atoms with Crippen LogP contribution in [0.4, 0.5) is 5.69 Å². The van der Waals surface area contributed by atoms with Crippen LogP contribution < -0.4 is 4.90 Å². The fourth-order valence-corrected chi connectivity index (χ4v) is 6.20. The third-order valence-corrected chi connectivity index (χ3v) is 7.69. The van der Waals surface area contributed by atoms with Crippen LogP contribution >= 0.6 is 0 Å². The number of piperidine rings is 1.